The van der Waals surface area contributed by atoms with Crippen LogP contribution in [0, 0.1) is 0 Å². The van der Waals surface area contributed by atoms with Crippen LogP contribution in [0.3, 0.4) is 0 Å². The first-order valence-corrected chi connectivity index (χ1v) is 6.55. The summed E-state index contributed by atoms with van der Waals surface area (Å²) >= 11 is 3.47. The molecule has 0 atom stereocenters. The fourth-order valence-electron chi connectivity index (χ4n) is 1.79. The smallest absolute Gasteiger partial charge is 0.146 e. The average molecular weight is 307 g/mol. The third-order valence-corrected chi connectivity index (χ3v) is 3.21. The highest BCUT2D eigenvalue weighted by molar-refractivity contribution is 9.10. The first-order valence-electron chi connectivity index (χ1n) is 5.75. The number of halogens is 1. The van der Waals surface area contributed by atoms with Crippen molar-refractivity contribution in [3.05, 3.63) is 46.8 Å². The number of nitrogens with two attached hydrogens (primary N) is 1. The molecule has 0 fully saturated rings. The summed E-state index contributed by atoms with van der Waals surface area (Å²) < 4.78 is 0.899. The minimum Gasteiger partial charge on any atom is -0.399 e. The lowest BCUT2D eigenvalue weighted by atomic mass is 10.2. The largest absolute Gasteiger partial charge is 0.399 e. The summed E-state index contributed by atoms with van der Waals surface area (Å²) in [4.78, 5) is 10.5. The molecule has 4 nitrogen and oxygen atoms in total. The van der Waals surface area contributed by atoms with Gasteiger partial charge >= 0.3 is 0 Å². The normalized spacial score (nSPS) is 10.3. The molecule has 0 amide bonds. The first-order chi connectivity index (χ1) is 8.70. The molecule has 0 aliphatic heterocycles. The third-order valence-electron chi connectivity index (χ3n) is 2.65. The van der Waals surface area contributed by atoms with E-state index in [1.54, 1.807) is 12.5 Å². The molecular formula is C13H15BrN4. The average Bonchev–Trinajstić information content (AvgIpc) is 2.37. The van der Waals surface area contributed by atoms with Gasteiger partial charge in [0.15, 0.2) is 0 Å². The van der Waals surface area contributed by atoms with Crippen molar-refractivity contribution in [3.8, 4) is 0 Å². The molecule has 1 aromatic heterocycles. The van der Waals surface area contributed by atoms with E-state index in [2.05, 4.69) is 43.8 Å². The zero-order valence-corrected chi connectivity index (χ0v) is 11.8. The Morgan fingerprint density at radius 2 is 2.22 bits per heavy atom. The Hall–Kier alpha value is -1.62. The second-order valence-corrected chi connectivity index (χ2v) is 4.81. The minimum atomic E-state index is 0.775. The molecule has 0 bridgehead atoms. The van der Waals surface area contributed by atoms with Crippen LogP contribution in [0.5, 0.6) is 0 Å². The van der Waals surface area contributed by atoms with Crippen LogP contribution in [0.15, 0.2) is 41.3 Å². The van der Waals surface area contributed by atoms with Gasteiger partial charge in [0.2, 0.25) is 0 Å². The van der Waals surface area contributed by atoms with Crippen molar-refractivity contribution in [2.75, 3.05) is 17.2 Å². The Bertz CT molecular complexity index is 530. The summed E-state index contributed by atoms with van der Waals surface area (Å²) in [6.45, 7) is 3.74. The van der Waals surface area contributed by atoms with Crippen LogP contribution >= 0.6 is 15.9 Å². The Kier molecular flexibility index (Phi) is 4.15. The molecule has 0 unspecified atom stereocenters. The fraction of sp³-hybridized carbons (Fsp3) is 0.231. The van der Waals surface area contributed by atoms with E-state index in [4.69, 9.17) is 5.73 Å². The quantitative estimate of drug-likeness (QED) is 0.883. The van der Waals surface area contributed by atoms with E-state index in [-0.39, 0.29) is 0 Å². The zero-order valence-electron chi connectivity index (χ0n) is 10.2. The molecule has 0 aliphatic rings. The van der Waals surface area contributed by atoms with Crippen LogP contribution in [0.1, 0.15) is 12.5 Å². The van der Waals surface area contributed by atoms with Gasteiger partial charge in [0.25, 0.3) is 0 Å². The maximum atomic E-state index is 5.79. The van der Waals surface area contributed by atoms with Crippen LogP contribution in [-0.2, 0) is 6.54 Å². The Labute approximate surface area is 115 Å². The summed E-state index contributed by atoms with van der Waals surface area (Å²) in [7, 11) is 0. The van der Waals surface area contributed by atoms with Gasteiger partial charge in [-0.2, -0.15) is 0 Å². The maximum Gasteiger partial charge on any atom is 0.146 e. The van der Waals surface area contributed by atoms with Crippen LogP contribution < -0.4 is 10.6 Å². The van der Waals surface area contributed by atoms with Gasteiger partial charge in [0, 0.05) is 25.0 Å². The first kappa shape index (κ1) is 12.8. The third kappa shape index (κ3) is 2.98. The molecule has 5 heteroatoms. The maximum absolute atomic E-state index is 5.79. The molecule has 18 heavy (non-hydrogen) atoms. The van der Waals surface area contributed by atoms with E-state index in [0.717, 1.165) is 29.1 Å². The van der Waals surface area contributed by atoms with Crippen molar-refractivity contribution < 1.29 is 0 Å². The monoisotopic (exact) mass is 306 g/mol. The second-order valence-electron chi connectivity index (χ2n) is 3.95. The molecule has 2 N–H and O–H groups in total. The number of aromatic nitrogens is 2. The van der Waals surface area contributed by atoms with Crippen molar-refractivity contribution in [2.45, 2.75) is 13.5 Å². The van der Waals surface area contributed by atoms with Gasteiger partial charge in [-0.05, 0) is 40.5 Å². The van der Waals surface area contributed by atoms with Gasteiger partial charge in [-0.15, -0.1) is 0 Å². The number of nitrogen functional groups attached to an aromatic ring is 1. The molecule has 0 aliphatic carbocycles. The summed E-state index contributed by atoms with van der Waals surface area (Å²) in [6, 6.07) is 7.90. The second kappa shape index (κ2) is 5.82. The predicted molar refractivity (Wildman–Crippen MR) is 77.3 cm³/mol. The van der Waals surface area contributed by atoms with Gasteiger partial charge < -0.3 is 10.6 Å². The molecule has 1 aromatic carbocycles. The van der Waals surface area contributed by atoms with Crippen molar-refractivity contribution in [1.82, 2.24) is 9.97 Å². The molecule has 0 spiro atoms. The van der Waals surface area contributed by atoms with Crippen molar-refractivity contribution in [2.24, 2.45) is 0 Å². The van der Waals surface area contributed by atoms with Gasteiger partial charge in [-0.1, -0.05) is 12.1 Å². The highest BCUT2D eigenvalue weighted by Gasteiger charge is 2.10. The Morgan fingerprint density at radius 1 is 1.39 bits per heavy atom. The molecule has 94 valence electrons. The lowest BCUT2D eigenvalue weighted by molar-refractivity contribution is 0.807. The number of anilines is 2. The number of hydrogen-bond donors (Lipinski definition) is 1. The molecule has 2 aromatic rings. The van der Waals surface area contributed by atoms with E-state index in [0.29, 0.717) is 0 Å². The highest BCUT2D eigenvalue weighted by Crippen LogP contribution is 2.23. The number of hydrogen-bond acceptors (Lipinski definition) is 4. The van der Waals surface area contributed by atoms with Crippen LogP contribution in [0.4, 0.5) is 11.5 Å². The van der Waals surface area contributed by atoms with Crippen LogP contribution in [-0.4, -0.2) is 16.5 Å². The Morgan fingerprint density at radius 3 is 2.89 bits per heavy atom. The molecular weight excluding hydrogens is 292 g/mol. The summed E-state index contributed by atoms with van der Waals surface area (Å²) in [5, 5.41) is 0. The molecule has 1 heterocycles. The molecule has 0 radical (unpaired) electrons. The van der Waals surface area contributed by atoms with E-state index >= 15 is 0 Å². The lowest BCUT2D eigenvalue weighted by Gasteiger charge is -2.22. The van der Waals surface area contributed by atoms with E-state index in [1.165, 1.54) is 5.56 Å². The summed E-state index contributed by atoms with van der Waals surface area (Å²) in [5.41, 5.74) is 7.74. The number of benzene rings is 1. The molecule has 0 saturated carbocycles. The van der Waals surface area contributed by atoms with Gasteiger partial charge in [0.1, 0.15) is 12.1 Å². The lowest BCUT2D eigenvalue weighted by Crippen LogP contribution is -2.23. The van der Waals surface area contributed by atoms with Crippen LogP contribution in [0.25, 0.3) is 0 Å². The van der Waals surface area contributed by atoms with E-state index in [1.807, 2.05) is 18.2 Å². The van der Waals surface area contributed by atoms with Gasteiger partial charge in [-0.3, -0.25) is 0 Å². The molecule has 2 rings (SSSR count). The van der Waals surface area contributed by atoms with Crippen molar-refractivity contribution in [3.63, 3.8) is 0 Å². The Balaban J connectivity index is 2.23. The van der Waals surface area contributed by atoms with Crippen LogP contribution in [0.2, 0.25) is 0 Å². The topological polar surface area (TPSA) is 55.0 Å². The van der Waals surface area contributed by atoms with Gasteiger partial charge in [-0.25, -0.2) is 9.97 Å². The standard InChI is InChI=1S/C13H15BrN4/c1-2-18(13-12(14)7-16-9-17-13)8-10-4-3-5-11(15)6-10/h3-7,9H,2,8,15H2,1H3. The van der Waals surface area contributed by atoms with E-state index in [9.17, 15) is 0 Å². The molecule has 0 saturated heterocycles. The van der Waals surface area contributed by atoms with Gasteiger partial charge in [0.05, 0.1) is 4.47 Å². The number of rotatable bonds is 4. The number of nitrogens with zero attached hydrogens (tertiary/aromatic N) is 3. The predicted octanol–water partition coefficient (Wildman–Crippen LogP) is 2.85. The zero-order chi connectivity index (χ0) is 13.0. The SMILES string of the molecule is CCN(Cc1cccc(N)c1)c1ncncc1Br. The van der Waals surface area contributed by atoms with Crippen molar-refractivity contribution in [1.29, 1.82) is 0 Å². The van der Waals surface area contributed by atoms with Crippen molar-refractivity contribution >= 4 is 27.4 Å². The summed E-state index contributed by atoms with van der Waals surface area (Å²) in [5.74, 6) is 0.898. The summed E-state index contributed by atoms with van der Waals surface area (Å²) in [6.07, 6.45) is 3.31. The fourth-order valence-corrected chi connectivity index (χ4v) is 2.26. The minimum absolute atomic E-state index is 0.775. The highest BCUT2D eigenvalue weighted by atomic mass is 79.9. The van der Waals surface area contributed by atoms with E-state index < -0.39 is 0 Å².